The highest BCUT2D eigenvalue weighted by Gasteiger charge is 2.23. The Bertz CT molecular complexity index is 680. The monoisotopic (exact) mass is 289 g/mol. The molecule has 0 unspecified atom stereocenters. The van der Waals surface area contributed by atoms with Gasteiger partial charge in [-0.05, 0) is 6.07 Å². The van der Waals surface area contributed by atoms with Crippen LogP contribution in [0.1, 0.15) is 16.2 Å². The number of nitro groups is 1. The van der Waals surface area contributed by atoms with Gasteiger partial charge in [-0.3, -0.25) is 14.9 Å². The molecule has 1 heterocycles. The molecule has 1 aromatic carbocycles. The van der Waals surface area contributed by atoms with Gasteiger partial charge >= 0.3 is 0 Å². The second-order valence-corrected chi connectivity index (χ2v) is 3.88. The lowest BCUT2D eigenvalue weighted by atomic mass is 10.1. The van der Waals surface area contributed by atoms with Crippen LogP contribution in [0.15, 0.2) is 30.3 Å². The Morgan fingerprint density at radius 2 is 1.71 bits per heavy atom. The summed E-state index contributed by atoms with van der Waals surface area (Å²) in [4.78, 5) is 30.5. The Kier molecular flexibility index (Phi) is 4.07. The van der Waals surface area contributed by atoms with Gasteiger partial charge in [0.05, 0.1) is 25.2 Å². The Balaban J connectivity index is 2.52. The SMILES string of the molecule is COc1cc(OC)nc(C(=O)c2ccccc2[N+](=O)[O-])n1. The Hall–Kier alpha value is -3.03. The smallest absolute Gasteiger partial charge is 0.280 e. The van der Waals surface area contributed by atoms with E-state index in [1.54, 1.807) is 0 Å². The number of para-hydroxylation sites is 1. The van der Waals surface area contributed by atoms with Crippen molar-refractivity contribution in [2.45, 2.75) is 0 Å². The van der Waals surface area contributed by atoms with Gasteiger partial charge < -0.3 is 9.47 Å². The summed E-state index contributed by atoms with van der Waals surface area (Å²) in [6.07, 6.45) is 0. The van der Waals surface area contributed by atoms with Crippen molar-refractivity contribution in [3.63, 3.8) is 0 Å². The van der Waals surface area contributed by atoms with E-state index in [0.717, 1.165) is 0 Å². The zero-order chi connectivity index (χ0) is 15.4. The fourth-order valence-corrected chi connectivity index (χ4v) is 1.66. The van der Waals surface area contributed by atoms with Gasteiger partial charge in [-0.2, -0.15) is 9.97 Å². The molecule has 0 atom stereocenters. The molecule has 1 aromatic heterocycles. The van der Waals surface area contributed by atoms with E-state index in [1.165, 1.54) is 44.6 Å². The standard InChI is InChI=1S/C13H11N3O5/c1-20-10-7-11(21-2)15-13(14-10)12(17)8-5-3-4-6-9(8)16(18)19/h3-7H,1-2H3. The molecule has 8 nitrogen and oxygen atoms in total. The fraction of sp³-hybridized carbons (Fsp3) is 0.154. The molecule has 0 fully saturated rings. The number of carbonyl (C=O) groups excluding carboxylic acids is 1. The van der Waals surface area contributed by atoms with E-state index in [9.17, 15) is 14.9 Å². The Labute approximate surface area is 119 Å². The summed E-state index contributed by atoms with van der Waals surface area (Å²) in [5.74, 6) is -0.660. The van der Waals surface area contributed by atoms with Crippen LogP contribution in [0.2, 0.25) is 0 Å². The molecule has 0 aliphatic rings. The van der Waals surface area contributed by atoms with Crippen LogP contribution >= 0.6 is 0 Å². The molecule has 0 amide bonds. The molecule has 0 radical (unpaired) electrons. The molecule has 0 spiro atoms. The minimum absolute atomic E-state index is 0.0993. The molecule has 0 aliphatic carbocycles. The zero-order valence-electron chi connectivity index (χ0n) is 11.3. The third-order valence-corrected chi connectivity index (χ3v) is 2.65. The lowest BCUT2D eigenvalue weighted by molar-refractivity contribution is -0.385. The van der Waals surface area contributed by atoms with Crippen molar-refractivity contribution in [1.82, 2.24) is 9.97 Å². The molecule has 21 heavy (non-hydrogen) atoms. The second kappa shape index (κ2) is 5.95. The van der Waals surface area contributed by atoms with Crippen molar-refractivity contribution in [1.29, 1.82) is 0 Å². The van der Waals surface area contributed by atoms with E-state index in [0.29, 0.717) is 0 Å². The van der Waals surface area contributed by atoms with Crippen molar-refractivity contribution in [3.8, 4) is 11.8 Å². The first kappa shape index (κ1) is 14.4. The van der Waals surface area contributed by atoms with Crippen molar-refractivity contribution in [2.24, 2.45) is 0 Å². The number of hydrogen-bond acceptors (Lipinski definition) is 7. The summed E-state index contributed by atoms with van der Waals surface area (Å²) in [5, 5.41) is 11.0. The van der Waals surface area contributed by atoms with Gasteiger partial charge in [0.15, 0.2) is 0 Å². The maximum atomic E-state index is 12.4. The number of ketones is 1. The maximum absolute atomic E-state index is 12.4. The Morgan fingerprint density at radius 1 is 1.14 bits per heavy atom. The molecule has 0 N–H and O–H groups in total. The molecular weight excluding hydrogens is 278 g/mol. The van der Waals surface area contributed by atoms with Gasteiger partial charge in [-0.15, -0.1) is 0 Å². The average Bonchev–Trinajstić information content (AvgIpc) is 2.53. The average molecular weight is 289 g/mol. The van der Waals surface area contributed by atoms with Crippen molar-refractivity contribution in [2.75, 3.05) is 14.2 Å². The van der Waals surface area contributed by atoms with Crippen molar-refractivity contribution >= 4 is 11.5 Å². The number of methoxy groups -OCH3 is 2. The fourth-order valence-electron chi connectivity index (χ4n) is 1.66. The summed E-state index contributed by atoms with van der Waals surface area (Å²) in [7, 11) is 2.75. The minimum atomic E-state index is -0.681. The van der Waals surface area contributed by atoms with Gasteiger partial charge in [0.25, 0.3) is 5.69 Å². The van der Waals surface area contributed by atoms with Crippen LogP contribution in [0.3, 0.4) is 0 Å². The van der Waals surface area contributed by atoms with E-state index in [1.807, 2.05) is 0 Å². The summed E-state index contributed by atoms with van der Waals surface area (Å²) < 4.78 is 9.89. The summed E-state index contributed by atoms with van der Waals surface area (Å²) in [5.41, 5.74) is -0.411. The van der Waals surface area contributed by atoms with Crippen LogP contribution in [-0.2, 0) is 0 Å². The normalized spacial score (nSPS) is 10.0. The van der Waals surface area contributed by atoms with Crippen LogP contribution in [0.25, 0.3) is 0 Å². The summed E-state index contributed by atoms with van der Waals surface area (Å²) in [6.45, 7) is 0. The number of nitro benzene ring substituents is 1. The topological polar surface area (TPSA) is 104 Å². The number of rotatable bonds is 5. The highest BCUT2D eigenvalue weighted by atomic mass is 16.6. The van der Waals surface area contributed by atoms with E-state index in [2.05, 4.69) is 9.97 Å². The quantitative estimate of drug-likeness (QED) is 0.468. The lowest BCUT2D eigenvalue weighted by Crippen LogP contribution is -2.11. The van der Waals surface area contributed by atoms with E-state index in [-0.39, 0.29) is 28.8 Å². The molecule has 0 saturated carbocycles. The first-order valence-electron chi connectivity index (χ1n) is 5.82. The second-order valence-electron chi connectivity index (χ2n) is 3.88. The molecule has 2 aromatic rings. The number of carbonyl (C=O) groups is 1. The number of nitrogens with zero attached hydrogens (tertiary/aromatic N) is 3. The summed E-state index contributed by atoms with van der Waals surface area (Å²) in [6, 6.07) is 6.98. The van der Waals surface area contributed by atoms with Gasteiger partial charge in [0.1, 0.15) is 5.56 Å². The minimum Gasteiger partial charge on any atom is -0.481 e. The van der Waals surface area contributed by atoms with E-state index >= 15 is 0 Å². The highest BCUT2D eigenvalue weighted by molar-refractivity contribution is 6.09. The molecule has 2 rings (SSSR count). The Morgan fingerprint density at radius 3 is 2.24 bits per heavy atom. The van der Waals surface area contributed by atoms with Crippen molar-refractivity contribution in [3.05, 3.63) is 51.8 Å². The predicted octanol–water partition coefficient (Wildman–Crippen LogP) is 1.63. The van der Waals surface area contributed by atoms with Crippen LogP contribution in [0, 0.1) is 10.1 Å². The van der Waals surface area contributed by atoms with E-state index < -0.39 is 10.7 Å². The van der Waals surface area contributed by atoms with Gasteiger partial charge in [-0.25, -0.2) is 0 Å². The number of ether oxygens (including phenoxy) is 2. The van der Waals surface area contributed by atoms with Gasteiger partial charge in [0.2, 0.25) is 23.4 Å². The van der Waals surface area contributed by atoms with Crippen LogP contribution in [0.5, 0.6) is 11.8 Å². The van der Waals surface area contributed by atoms with Crippen LogP contribution in [-0.4, -0.2) is 34.9 Å². The molecule has 108 valence electrons. The third-order valence-electron chi connectivity index (χ3n) is 2.65. The lowest BCUT2D eigenvalue weighted by Gasteiger charge is -2.06. The van der Waals surface area contributed by atoms with Gasteiger partial charge in [0, 0.05) is 6.07 Å². The van der Waals surface area contributed by atoms with Crippen molar-refractivity contribution < 1.29 is 19.2 Å². The number of hydrogen-bond donors (Lipinski definition) is 0. The molecular formula is C13H11N3O5. The van der Waals surface area contributed by atoms with Crippen LogP contribution < -0.4 is 9.47 Å². The van der Waals surface area contributed by atoms with Crippen LogP contribution in [0.4, 0.5) is 5.69 Å². The number of aromatic nitrogens is 2. The first-order chi connectivity index (χ1) is 10.1. The maximum Gasteiger partial charge on any atom is 0.280 e. The zero-order valence-corrected chi connectivity index (χ0v) is 11.3. The summed E-state index contributed by atoms with van der Waals surface area (Å²) >= 11 is 0. The van der Waals surface area contributed by atoms with Gasteiger partial charge in [-0.1, -0.05) is 12.1 Å². The largest absolute Gasteiger partial charge is 0.481 e. The molecule has 0 bridgehead atoms. The third kappa shape index (κ3) is 2.94. The molecule has 0 saturated heterocycles. The molecule has 0 aliphatic heterocycles. The predicted molar refractivity (Wildman–Crippen MR) is 71.7 cm³/mol. The first-order valence-corrected chi connectivity index (χ1v) is 5.82. The highest BCUT2D eigenvalue weighted by Crippen LogP contribution is 2.22. The molecule has 8 heteroatoms. The van der Waals surface area contributed by atoms with E-state index in [4.69, 9.17) is 9.47 Å². The number of benzene rings is 1.